The lowest BCUT2D eigenvalue weighted by atomic mass is 10.2. The molecule has 0 bridgehead atoms. The van der Waals surface area contributed by atoms with Crippen LogP contribution < -0.4 is 14.9 Å². The van der Waals surface area contributed by atoms with Crippen LogP contribution in [0.5, 0.6) is 0 Å². The molecule has 3 aromatic carbocycles. The second-order valence-corrected chi connectivity index (χ2v) is 8.83. The predicted octanol–water partition coefficient (Wildman–Crippen LogP) is 3.79. The molecule has 0 aromatic heterocycles. The Morgan fingerprint density at radius 2 is 1.45 bits per heavy atom. The topological polar surface area (TPSA) is 95.6 Å². The van der Waals surface area contributed by atoms with Crippen LogP contribution in [0.15, 0.2) is 83.8 Å². The smallest absolute Gasteiger partial charge is 0.264 e. The van der Waals surface area contributed by atoms with Crippen molar-refractivity contribution in [3.8, 4) is 0 Å². The molecule has 0 saturated heterocycles. The molecule has 0 aliphatic rings. The number of carbonyl (C=O) groups excluding carboxylic acids is 2. The van der Waals surface area contributed by atoms with E-state index in [2.05, 4.69) is 10.6 Å². The number of benzene rings is 3. The van der Waals surface area contributed by atoms with Crippen molar-refractivity contribution in [1.82, 2.24) is 0 Å². The predicted molar refractivity (Wildman–Crippen MR) is 122 cm³/mol. The Kier molecular flexibility index (Phi) is 6.71. The summed E-state index contributed by atoms with van der Waals surface area (Å²) >= 11 is 0. The molecular weight excluding hydrogens is 414 g/mol. The molecule has 2 amide bonds. The van der Waals surface area contributed by atoms with Gasteiger partial charge < -0.3 is 10.6 Å². The second-order valence-electron chi connectivity index (χ2n) is 6.97. The first kappa shape index (κ1) is 22.0. The molecule has 3 rings (SSSR count). The van der Waals surface area contributed by atoms with E-state index in [-0.39, 0.29) is 10.8 Å². The second kappa shape index (κ2) is 9.44. The van der Waals surface area contributed by atoms with Gasteiger partial charge in [0.2, 0.25) is 11.8 Å². The number of nitrogens with one attached hydrogen (secondary N) is 2. The fourth-order valence-electron chi connectivity index (χ4n) is 2.96. The molecule has 2 N–H and O–H groups in total. The molecule has 0 radical (unpaired) electrons. The van der Waals surface area contributed by atoms with Crippen molar-refractivity contribution < 1.29 is 18.0 Å². The molecule has 0 aliphatic carbocycles. The summed E-state index contributed by atoms with van der Waals surface area (Å²) in [6, 6.07) is 21.6. The largest absolute Gasteiger partial charge is 0.326 e. The highest BCUT2D eigenvalue weighted by Gasteiger charge is 2.27. The highest BCUT2D eigenvalue weighted by atomic mass is 32.2. The minimum Gasteiger partial charge on any atom is -0.326 e. The molecule has 0 atom stereocenters. The lowest BCUT2D eigenvalue weighted by Crippen LogP contribution is -2.38. The lowest BCUT2D eigenvalue weighted by Gasteiger charge is -2.24. The normalized spacial score (nSPS) is 10.9. The molecular formula is C23H23N3O4S. The van der Waals surface area contributed by atoms with Gasteiger partial charge in [0.05, 0.1) is 10.6 Å². The number of hydrogen-bond donors (Lipinski definition) is 2. The zero-order chi connectivity index (χ0) is 22.4. The van der Waals surface area contributed by atoms with Gasteiger partial charge in [-0.15, -0.1) is 0 Å². The third kappa shape index (κ3) is 5.70. The molecule has 3 aromatic rings. The molecule has 0 spiro atoms. The maximum absolute atomic E-state index is 13.3. The SMILES string of the molecule is CC(=O)Nc1cccc(NC(=O)CN(c2ccccc2)S(=O)(=O)c2ccc(C)cc2)c1. The Hall–Kier alpha value is -3.65. The molecule has 7 nitrogen and oxygen atoms in total. The first-order chi connectivity index (χ1) is 14.8. The number of para-hydroxylation sites is 1. The van der Waals surface area contributed by atoms with E-state index in [0.717, 1.165) is 9.87 Å². The van der Waals surface area contributed by atoms with Crippen LogP contribution in [0.25, 0.3) is 0 Å². The lowest BCUT2D eigenvalue weighted by molar-refractivity contribution is -0.115. The molecule has 0 saturated carbocycles. The molecule has 31 heavy (non-hydrogen) atoms. The Morgan fingerprint density at radius 1 is 0.839 bits per heavy atom. The quantitative estimate of drug-likeness (QED) is 0.588. The van der Waals surface area contributed by atoms with Gasteiger partial charge in [-0.05, 0) is 49.4 Å². The van der Waals surface area contributed by atoms with Gasteiger partial charge in [0.15, 0.2) is 0 Å². The zero-order valence-corrected chi connectivity index (χ0v) is 18.0. The molecule has 0 unspecified atom stereocenters. The maximum atomic E-state index is 13.3. The van der Waals surface area contributed by atoms with E-state index in [1.54, 1.807) is 66.7 Å². The van der Waals surface area contributed by atoms with Crippen molar-refractivity contribution >= 4 is 38.9 Å². The number of sulfonamides is 1. The van der Waals surface area contributed by atoms with E-state index in [9.17, 15) is 18.0 Å². The monoisotopic (exact) mass is 437 g/mol. The highest BCUT2D eigenvalue weighted by Crippen LogP contribution is 2.24. The van der Waals surface area contributed by atoms with Crippen molar-refractivity contribution in [3.63, 3.8) is 0 Å². The number of anilines is 3. The van der Waals surface area contributed by atoms with Crippen LogP contribution in [-0.2, 0) is 19.6 Å². The fraction of sp³-hybridized carbons (Fsp3) is 0.130. The van der Waals surface area contributed by atoms with Gasteiger partial charge in [0, 0.05) is 18.3 Å². The summed E-state index contributed by atoms with van der Waals surface area (Å²) in [7, 11) is -3.97. The van der Waals surface area contributed by atoms with E-state index in [1.807, 2.05) is 6.92 Å². The standard InChI is InChI=1S/C23H23N3O4S/c1-17-11-13-22(14-12-17)31(29,30)26(21-9-4-3-5-10-21)16-23(28)25-20-8-6-7-19(15-20)24-18(2)27/h3-15H,16H2,1-2H3,(H,24,27)(H,25,28). The van der Waals surface area contributed by atoms with Gasteiger partial charge in [-0.3, -0.25) is 13.9 Å². The van der Waals surface area contributed by atoms with Gasteiger partial charge in [-0.2, -0.15) is 0 Å². The van der Waals surface area contributed by atoms with Crippen molar-refractivity contribution in [2.45, 2.75) is 18.7 Å². The van der Waals surface area contributed by atoms with Crippen LogP contribution >= 0.6 is 0 Å². The average molecular weight is 438 g/mol. The van der Waals surface area contributed by atoms with Crippen LogP contribution in [0.2, 0.25) is 0 Å². The van der Waals surface area contributed by atoms with Crippen molar-refractivity contribution in [1.29, 1.82) is 0 Å². The van der Waals surface area contributed by atoms with Gasteiger partial charge >= 0.3 is 0 Å². The summed E-state index contributed by atoms with van der Waals surface area (Å²) in [6.07, 6.45) is 0. The number of aryl methyl sites for hydroxylation is 1. The van der Waals surface area contributed by atoms with Gasteiger partial charge in [0.1, 0.15) is 6.54 Å². The Morgan fingerprint density at radius 3 is 2.06 bits per heavy atom. The van der Waals surface area contributed by atoms with Crippen LogP contribution in [0.3, 0.4) is 0 Å². The first-order valence-electron chi connectivity index (χ1n) is 9.58. The average Bonchev–Trinajstić information content (AvgIpc) is 2.72. The summed E-state index contributed by atoms with van der Waals surface area (Å²) in [5.74, 6) is -0.748. The van der Waals surface area contributed by atoms with Crippen LogP contribution in [0.4, 0.5) is 17.1 Å². The third-order valence-corrected chi connectivity index (χ3v) is 6.20. The molecule has 0 aliphatic heterocycles. The van der Waals surface area contributed by atoms with Crippen molar-refractivity contribution in [2.24, 2.45) is 0 Å². The summed E-state index contributed by atoms with van der Waals surface area (Å²) in [6.45, 7) is 2.84. The summed E-state index contributed by atoms with van der Waals surface area (Å²) < 4.78 is 27.7. The van der Waals surface area contributed by atoms with Crippen LogP contribution in [0, 0.1) is 6.92 Å². The Labute approximate surface area is 181 Å². The van der Waals surface area contributed by atoms with Gasteiger partial charge in [-0.1, -0.05) is 42.0 Å². The zero-order valence-electron chi connectivity index (χ0n) is 17.2. The summed E-state index contributed by atoms with van der Waals surface area (Å²) in [5.41, 5.74) is 2.28. The Bertz CT molecular complexity index is 1180. The summed E-state index contributed by atoms with van der Waals surface area (Å²) in [5, 5.41) is 5.33. The Balaban J connectivity index is 1.87. The van der Waals surface area contributed by atoms with Crippen molar-refractivity contribution in [3.05, 3.63) is 84.4 Å². The number of rotatable bonds is 7. The minimum absolute atomic E-state index is 0.0995. The minimum atomic E-state index is -3.97. The molecule has 8 heteroatoms. The maximum Gasteiger partial charge on any atom is 0.264 e. The first-order valence-corrected chi connectivity index (χ1v) is 11.0. The number of amides is 2. The van der Waals surface area contributed by atoms with E-state index in [0.29, 0.717) is 17.1 Å². The van der Waals surface area contributed by atoms with Gasteiger partial charge in [0.25, 0.3) is 10.0 Å². The van der Waals surface area contributed by atoms with E-state index >= 15 is 0 Å². The molecule has 0 fully saturated rings. The van der Waals surface area contributed by atoms with Crippen molar-refractivity contribution in [2.75, 3.05) is 21.5 Å². The molecule has 160 valence electrons. The van der Waals surface area contributed by atoms with E-state index < -0.39 is 22.5 Å². The number of hydrogen-bond acceptors (Lipinski definition) is 4. The van der Waals surface area contributed by atoms with E-state index in [4.69, 9.17) is 0 Å². The summed E-state index contributed by atoms with van der Waals surface area (Å²) in [4.78, 5) is 24.1. The van der Waals surface area contributed by atoms with Crippen LogP contribution in [0.1, 0.15) is 12.5 Å². The number of carbonyl (C=O) groups is 2. The highest BCUT2D eigenvalue weighted by molar-refractivity contribution is 7.92. The molecule has 0 heterocycles. The van der Waals surface area contributed by atoms with E-state index in [1.165, 1.54) is 19.1 Å². The van der Waals surface area contributed by atoms with Crippen LogP contribution in [-0.4, -0.2) is 26.8 Å². The van der Waals surface area contributed by atoms with Gasteiger partial charge in [-0.25, -0.2) is 8.42 Å². The fourth-order valence-corrected chi connectivity index (χ4v) is 4.38. The third-order valence-electron chi connectivity index (χ3n) is 4.41. The number of nitrogens with zero attached hydrogens (tertiary/aromatic N) is 1.